The molecule has 1 aromatic rings. The van der Waals surface area contributed by atoms with Crippen molar-refractivity contribution in [3.8, 4) is 0 Å². The van der Waals surface area contributed by atoms with E-state index in [2.05, 4.69) is 4.90 Å². The number of urea groups is 1. The first-order chi connectivity index (χ1) is 9.49. The number of carbonyl (C=O) groups excluding carboxylic acids is 2. The van der Waals surface area contributed by atoms with Crippen LogP contribution in [0.3, 0.4) is 0 Å². The number of rotatable bonds is 2. The van der Waals surface area contributed by atoms with Crippen molar-refractivity contribution in [1.29, 1.82) is 0 Å². The molecule has 108 valence electrons. The number of hydrogen-bond donors (Lipinski definition) is 0. The van der Waals surface area contributed by atoms with E-state index in [1.165, 1.54) is 0 Å². The van der Waals surface area contributed by atoms with Crippen LogP contribution in [0.2, 0.25) is 0 Å². The molecule has 5 nitrogen and oxygen atoms in total. The minimum absolute atomic E-state index is 0.0663. The van der Waals surface area contributed by atoms with Gasteiger partial charge in [0.25, 0.3) is 0 Å². The Morgan fingerprint density at radius 1 is 1.00 bits per heavy atom. The first-order valence-electron chi connectivity index (χ1n) is 6.81. The van der Waals surface area contributed by atoms with Crippen molar-refractivity contribution in [3.05, 3.63) is 29.8 Å². The molecule has 1 aromatic carbocycles. The first kappa shape index (κ1) is 14.4. The number of ketones is 1. The van der Waals surface area contributed by atoms with Crippen LogP contribution in [0, 0.1) is 0 Å². The molecule has 0 spiro atoms. The predicted molar refractivity (Wildman–Crippen MR) is 79.3 cm³/mol. The number of piperazine rings is 1. The number of nitrogens with zero attached hydrogens (tertiary/aromatic N) is 3. The maximum atomic E-state index is 11.9. The molecule has 0 N–H and O–H groups in total. The van der Waals surface area contributed by atoms with Crippen molar-refractivity contribution in [3.63, 3.8) is 0 Å². The second kappa shape index (κ2) is 5.94. The molecule has 1 fully saturated rings. The summed E-state index contributed by atoms with van der Waals surface area (Å²) in [5.74, 6) is 0.0814. The molecule has 1 heterocycles. The quantitative estimate of drug-likeness (QED) is 0.772. The fourth-order valence-corrected chi connectivity index (χ4v) is 2.35. The van der Waals surface area contributed by atoms with Crippen LogP contribution < -0.4 is 4.90 Å². The van der Waals surface area contributed by atoms with E-state index < -0.39 is 0 Å². The van der Waals surface area contributed by atoms with Crippen LogP contribution in [0.5, 0.6) is 0 Å². The van der Waals surface area contributed by atoms with E-state index in [9.17, 15) is 9.59 Å². The summed E-state index contributed by atoms with van der Waals surface area (Å²) in [7, 11) is 3.55. The van der Waals surface area contributed by atoms with Gasteiger partial charge in [-0.1, -0.05) is 0 Å². The Balaban J connectivity index is 1.97. The highest BCUT2D eigenvalue weighted by Gasteiger charge is 2.22. The van der Waals surface area contributed by atoms with Gasteiger partial charge in [-0.05, 0) is 31.2 Å². The van der Waals surface area contributed by atoms with Gasteiger partial charge < -0.3 is 14.7 Å². The topological polar surface area (TPSA) is 43.9 Å². The largest absolute Gasteiger partial charge is 0.368 e. The molecule has 2 rings (SSSR count). The van der Waals surface area contributed by atoms with E-state index in [0.29, 0.717) is 0 Å². The fraction of sp³-hybridized carbons (Fsp3) is 0.467. The molecule has 0 aliphatic carbocycles. The summed E-state index contributed by atoms with van der Waals surface area (Å²) in [6, 6.07) is 7.72. The second-order valence-electron chi connectivity index (χ2n) is 5.25. The van der Waals surface area contributed by atoms with Crippen LogP contribution in [0.4, 0.5) is 10.5 Å². The number of anilines is 1. The van der Waals surface area contributed by atoms with Crippen molar-refractivity contribution >= 4 is 17.5 Å². The summed E-state index contributed by atoms with van der Waals surface area (Å²) in [4.78, 5) is 28.8. The molecule has 0 atom stereocenters. The van der Waals surface area contributed by atoms with E-state index in [-0.39, 0.29) is 11.8 Å². The number of Topliss-reactive ketones (excluding diaryl/α,β-unsaturated/α-hetero) is 1. The second-order valence-corrected chi connectivity index (χ2v) is 5.25. The molecule has 2 amide bonds. The third kappa shape index (κ3) is 3.10. The molecule has 0 saturated carbocycles. The fourth-order valence-electron chi connectivity index (χ4n) is 2.35. The molecule has 0 radical (unpaired) electrons. The van der Waals surface area contributed by atoms with Crippen molar-refractivity contribution in [2.24, 2.45) is 0 Å². The van der Waals surface area contributed by atoms with E-state index >= 15 is 0 Å². The molecular formula is C15H21N3O2. The Kier molecular flexibility index (Phi) is 4.27. The maximum absolute atomic E-state index is 11.9. The number of hydrogen-bond acceptors (Lipinski definition) is 3. The van der Waals surface area contributed by atoms with Gasteiger partial charge in [0.1, 0.15) is 0 Å². The molecule has 1 aliphatic heterocycles. The Morgan fingerprint density at radius 2 is 1.55 bits per heavy atom. The van der Waals surface area contributed by atoms with E-state index in [1.807, 2.05) is 29.2 Å². The molecule has 0 bridgehead atoms. The lowest BCUT2D eigenvalue weighted by molar-refractivity contribution is 0.101. The monoisotopic (exact) mass is 275 g/mol. The lowest BCUT2D eigenvalue weighted by Gasteiger charge is -2.37. The summed E-state index contributed by atoms with van der Waals surface area (Å²) >= 11 is 0. The number of amides is 2. The average Bonchev–Trinajstić information content (AvgIpc) is 2.46. The molecule has 1 saturated heterocycles. The first-order valence-corrected chi connectivity index (χ1v) is 6.81. The Morgan fingerprint density at radius 3 is 2.00 bits per heavy atom. The van der Waals surface area contributed by atoms with Gasteiger partial charge in [-0.2, -0.15) is 0 Å². The molecule has 0 aromatic heterocycles. The van der Waals surface area contributed by atoms with Crippen molar-refractivity contribution in [1.82, 2.24) is 9.80 Å². The third-order valence-electron chi connectivity index (χ3n) is 3.57. The van der Waals surface area contributed by atoms with Gasteiger partial charge in [0.05, 0.1) is 0 Å². The summed E-state index contributed by atoms with van der Waals surface area (Å²) in [5, 5.41) is 0. The Hall–Kier alpha value is -2.04. The molecular weight excluding hydrogens is 254 g/mol. The Labute approximate surface area is 119 Å². The summed E-state index contributed by atoms with van der Waals surface area (Å²) in [6.07, 6.45) is 0. The zero-order chi connectivity index (χ0) is 14.7. The molecule has 20 heavy (non-hydrogen) atoms. The van der Waals surface area contributed by atoms with Crippen molar-refractivity contribution in [2.45, 2.75) is 6.92 Å². The van der Waals surface area contributed by atoms with Gasteiger partial charge in [0, 0.05) is 51.5 Å². The summed E-state index contributed by atoms with van der Waals surface area (Å²) in [6.45, 7) is 4.66. The van der Waals surface area contributed by atoms with Gasteiger partial charge in [-0.25, -0.2) is 4.79 Å². The van der Waals surface area contributed by atoms with E-state index in [1.54, 1.807) is 25.9 Å². The van der Waals surface area contributed by atoms with Crippen LogP contribution in [0.15, 0.2) is 24.3 Å². The third-order valence-corrected chi connectivity index (χ3v) is 3.57. The summed E-state index contributed by atoms with van der Waals surface area (Å²) in [5.41, 5.74) is 1.84. The van der Waals surface area contributed by atoms with E-state index in [4.69, 9.17) is 0 Å². The lowest BCUT2D eigenvalue weighted by atomic mass is 10.1. The van der Waals surface area contributed by atoms with Crippen LogP contribution >= 0.6 is 0 Å². The smallest absolute Gasteiger partial charge is 0.319 e. The zero-order valence-corrected chi connectivity index (χ0v) is 12.3. The SMILES string of the molecule is CC(=O)c1ccc(N2CCN(C(=O)N(C)C)CC2)cc1. The number of carbonyl (C=O) groups is 2. The lowest BCUT2D eigenvalue weighted by Crippen LogP contribution is -2.51. The highest BCUT2D eigenvalue weighted by molar-refractivity contribution is 5.94. The van der Waals surface area contributed by atoms with Gasteiger partial charge in [0.2, 0.25) is 0 Å². The highest BCUT2D eigenvalue weighted by atomic mass is 16.2. The molecule has 5 heteroatoms. The Bertz CT molecular complexity index is 488. The minimum Gasteiger partial charge on any atom is -0.368 e. The molecule has 1 aliphatic rings. The van der Waals surface area contributed by atoms with E-state index in [0.717, 1.165) is 37.4 Å². The standard InChI is InChI=1S/C15H21N3O2/c1-12(19)13-4-6-14(7-5-13)17-8-10-18(11-9-17)15(20)16(2)3/h4-7H,8-11H2,1-3H3. The zero-order valence-electron chi connectivity index (χ0n) is 12.3. The van der Waals surface area contributed by atoms with Crippen molar-refractivity contribution < 1.29 is 9.59 Å². The van der Waals surface area contributed by atoms with Gasteiger partial charge >= 0.3 is 6.03 Å². The van der Waals surface area contributed by atoms with Gasteiger partial charge in [0.15, 0.2) is 5.78 Å². The predicted octanol–water partition coefficient (Wildman–Crippen LogP) is 1.69. The van der Waals surface area contributed by atoms with Crippen LogP contribution in [-0.2, 0) is 0 Å². The molecule has 0 unspecified atom stereocenters. The van der Waals surface area contributed by atoms with Crippen LogP contribution in [0.1, 0.15) is 17.3 Å². The number of benzene rings is 1. The van der Waals surface area contributed by atoms with Gasteiger partial charge in [-0.3, -0.25) is 4.79 Å². The minimum atomic E-state index is 0.0663. The summed E-state index contributed by atoms with van der Waals surface area (Å²) < 4.78 is 0. The van der Waals surface area contributed by atoms with Crippen LogP contribution in [-0.4, -0.2) is 61.9 Å². The maximum Gasteiger partial charge on any atom is 0.319 e. The average molecular weight is 275 g/mol. The van der Waals surface area contributed by atoms with Crippen LogP contribution in [0.25, 0.3) is 0 Å². The van der Waals surface area contributed by atoms with Gasteiger partial charge in [-0.15, -0.1) is 0 Å². The highest BCUT2D eigenvalue weighted by Crippen LogP contribution is 2.18. The normalized spacial score (nSPS) is 15.2. The van der Waals surface area contributed by atoms with Crippen molar-refractivity contribution in [2.75, 3.05) is 45.2 Å².